The van der Waals surface area contributed by atoms with Crippen molar-refractivity contribution >= 4 is 6.29 Å². The zero-order chi connectivity index (χ0) is 16.3. The normalized spacial score (nSPS) is 11.9. The second kappa shape index (κ2) is 9.77. The van der Waals surface area contributed by atoms with Crippen molar-refractivity contribution in [2.75, 3.05) is 13.7 Å². The van der Waals surface area contributed by atoms with E-state index in [1.54, 1.807) is 7.11 Å². The van der Waals surface area contributed by atoms with E-state index in [0.29, 0.717) is 26.2 Å². The van der Waals surface area contributed by atoms with Crippen LogP contribution in [0.4, 0.5) is 0 Å². The van der Waals surface area contributed by atoms with Crippen molar-refractivity contribution < 1.29 is 19.0 Å². The van der Waals surface area contributed by atoms with Gasteiger partial charge in [-0.3, -0.25) is 0 Å². The van der Waals surface area contributed by atoms with Crippen LogP contribution in [0, 0.1) is 0 Å². The Morgan fingerprint density at radius 2 is 1.65 bits per heavy atom. The van der Waals surface area contributed by atoms with Gasteiger partial charge in [0, 0.05) is 13.0 Å². The van der Waals surface area contributed by atoms with E-state index in [-0.39, 0.29) is 0 Å². The minimum absolute atomic E-state index is 0.433. The molecule has 0 heterocycles. The molecule has 4 heteroatoms. The summed E-state index contributed by atoms with van der Waals surface area (Å²) in [7, 11) is 1.64. The highest BCUT2D eigenvalue weighted by Gasteiger charge is 2.08. The van der Waals surface area contributed by atoms with Crippen LogP contribution in [-0.2, 0) is 27.5 Å². The topological polar surface area (TPSA) is 44.8 Å². The number of aldehydes is 1. The largest absolute Gasteiger partial charge is 0.497 e. The Kier molecular flexibility index (Phi) is 7.30. The Bertz CT molecular complexity index is 566. The predicted octanol–water partition coefficient (Wildman–Crippen LogP) is 3.39. The minimum Gasteiger partial charge on any atom is -0.497 e. The molecule has 0 radical (unpaired) electrons. The van der Waals surface area contributed by atoms with Crippen molar-refractivity contribution in [3.8, 4) is 5.75 Å². The fourth-order valence-corrected chi connectivity index (χ4v) is 2.08. The van der Waals surface area contributed by atoms with Gasteiger partial charge in [0.25, 0.3) is 0 Å². The van der Waals surface area contributed by atoms with Gasteiger partial charge in [-0.25, -0.2) is 0 Å². The quantitative estimate of drug-likeness (QED) is 0.498. The second-order valence-corrected chi connectivity index (χ2v) is 5.16. The Labute approximate surface area is 137 Å². The molecule has 2 aromatic carbocycles. The number of hydrogen-bond donors (Lipinski definition) is 0. The molecule has 0 unspecified atom stereocenters. The molecule has 2 rings (SSSR count). The van der Waals surface area contributed by atoms with Crippen molar-refractivity contribution in [2.45, 2.75) is 25.7 Å². The van der Waals surface area contributed by atoms with Crippen LogP contribution >= 0.6 is 0 Å². The van der Waals surface area contributed by atoms with E-state index in [9.17, 15) is 4.79 Å². The summed E-state index contributed by atoms with van der Waals surface area (Å²) in [5.41, 5.74) is 2.12. The van der Waals surface area contributed by atoms with Crippen LogP contribution in [0.5, 0.6) is 5.75 Å². The number of rotatable bonds is 10. The van der Waals surface area contributed by atoms with Crippen LogP contribution in [0.25, 0.3) is 0 Å². The van der Waals surface area contributed by atoms with Gasteiger partial charge in [-0.2, -0.15) is 0 Å². The first kappa shape index (κ1) is 17.2. The Morgan fingerprint density at radius 3 is 2.30 bits per heavy atom. The summed E-state index contributed by atoms with van der Waals surface area (Å²) in [5, 5.41) is 0. The zero-order valence-electron chi connectivity index (χ0n) is 13.3. The first-order valence-electron chi connectivity index (χ1n) is 7.63. The summed E-state index contributed by atoms with van der Waals surface area (Å²) >= 11 is 0. The van der Waals surface area contributed by atoms with E-state index in [1.165, 1.54) is 0 Å². The standard InChI is InChI=1S/C19H22O4/c1-21-18-9-7-17(8-10-18)14-22-12-11-19(13-20)23-15-16-5-3-2-4-6-16/h2-10,13,19H,11-12,14-15H2,1H3/t19-/m0/s1. The number of ether oxygens (including phenoxy) is 3. The first-order chi connectivity index (χ1) is 11.3. The maximum absolute atomic E-state index is 11.1. The lowest BCUT2D eigenvalue weighted by molar-refractivity contribution is -0.120. The molecule has 0 saturated carbocycles. The number of carbonyl (C=O) groups is 1. The molecule has 2 aromatic rings. The maximum atomic E-state index is 11.1. The molecule has 0 N–H and O–H groups in total. The van der Waals surface area contributed by atoms with Gasteiger partial charge in [-0.05, 0) is 23.3 Å². The van der Waals surface area contributed by atoms with E-state index in [4.69, 9.17) is 14.2 Å². The van der Waals surface area contributed by atoms with E-state index < -0.39 is 6.10 Å². The predicted molar refractivity (Wildman–Crippen MR) is 88.4 cm³/mol. The number of methoxy groups -OCH3 is 1. The fourth-order valence-electron chi connectivity index (χ4n) is 2.08. The molecular weight excluding hydrogens is 292 g/mol. The average molecular weight is 314 g/mol. The SMILES string of the molecule is COc1ccc(COCC[C@@H](C=O)OCc2ccccc2)cc1. The minimum atomic E-state index is -0.439. The summed E-state index contributed by atoms with van der Waals surface area (Å²) in [5.74, 6) is 0.823. The lowest BCUT2D eigenvalue weighted by atomic mass is 10.2. The Balaban J connectivity index is 1.65. The molecule has 0 fully saturated rings. The van der Waals surface area contributed by atoms with Gasteiger partial charge in [0.2, 0.25) is 0 Å². The monoisotopic (exact) mass is 314 g/mol. The summed E-state index contributed by atoms with van der Waals surface area (Å²) in [6, 6.07) is 17.5. The van der Waals surface area contributed by atoms with Crippen molar-refractivity contribution in [1.29, 1.82) is 0 Å². The number of hydrogen-bond acceptors (Lipinski definition) is 4. The smallest absolute Gasteiger partial charge is 0.148 e. The van der Waals surface area contributed by atoms with Crippen molar-refractivity contribution in [1.82, 2.24) is 0 Å². The van der Waals surface area contributed by atoms with Crippen LogP contribution in [0.3, 0.4) is 0 Å². The maximum Gasteiger partial charge on any atom is 0.148 e. The molecular formula is C19H22O4. The number of benzene rings is 2. The third-order valence-electron chi connectivity index (χ3n) is 3.43. The lowest BCUT2D eigenvalue weighted by Crippen LogP contribution is -2.17. The fraction of sp³-hybridized carbons (Fsp3) is 0.316. The zero-order valence-corrected chi connectivity index (χ0v) is 13.3. The molecule has 1 atom stereocenters. The first-order valence-corrected chi connectivity index (χ1v) is 7.63. The summed E-state index contributed by atoms with van der Waals surface area (Å²) < 4.78 is 16.3. The highest BCUT2D eigenvalue weighted by atomic mass is 16.5. The molecule has 0 aliphatic heterocycles. The summed E-state index contributed by atoms with van der Waals surface area (Å²) in [4.78, 5) is 11.1. The molecule has 0 saturated heterocycles. The van der Waals surface area contributed by atoms with Crippen LogP contribution in [-0.4, -0.2) is 26.1 Å². The van der Waals surface area contributed by atoms with Crippen LogP contribution in [0.2, 0.25) is 0 Å². The van der Waals surface area contributed by atoms with E-state index in [0.717, 1.165) is 23.2 Å². The molecule has 0 amide bonds. The van der Waals surface area contributed by atoms with Crippen LogP contribution < -0.4 is 4.74 Å². The van der Waals surface area contributed by atoms with Crippen LogP contribution in [0.15, 0.2) is 54.6 Å². The average Bonchev–Trinajstić information content (AvgIpc) is 2.62. The second-order valence-electron chi connectivity index (χ2n) is 5.16. The van der Waals surface area contributed by atoms with Gasteiger partial charge in [0.1, 0.15) is 18.1 Å². The van der Waals surface area contributed by atoms with E-state index in [1.807, 2.05) is 54.6 Å². The molecule has 23 heavy (non-hydrogen) atoms. The summed E-state index contributed by atoms with van der Waals surface area (Å²) in [6.07, 6.45) is 0.942. The van der Waals surface area contributed by atoms with Gasteiger partial charge >= 0.3 is 0 Å². The van der Waals surface area contributed by atoms with Crippen LogP contribution in [0.1, 0.15) is 17.5 Å². The van der Waals surface area contributed by atoms with Gasteiger partial charge in [-0.15, -0.1) is 0 Å². The number of carbonyl (C=O) groups excluding carboxylic acids is 1. The van der Waals surface area contributed by atoms with Crippen molar-refractivity contribution in [2.24, 2.45) is 0 Å². The molecule has 122 valence electrons. The third kappa shape index (κ3) is 6.22. The van der Waals surface area contributed by atoms with Gasteiger partial charge in [0.15, 0.2) is 0 Å². The molecule has 0 bridgehead atoms. The molecule has 0 spiro atoms. The molecule has 4 nitrogen and oxygen atoms in total. The third-order valence-corrected chi connectivity index (χ3v) is 3.43. The Morgan fingerprint density at radius 1 is 0.957 bits per heavy atom. The van der Waals surface area contributed by atoms with E-state index in [2.05, 4.69) is 0 Å². The lowest BCUT2D eigenvalue weighted by Gasteiger charge is -2.12. The van der Waals surface area contributed by atoms with Gasteiger partial charge in [0.05, 0.1) is 20.3 Å². The highest BCUT2D eigenvalue weighted by molar-refractivity contribution is 5.55. The Hall–Kier alpha value is -2.17. The molecule has 0 aliphatic carbocycles. The molecule has 0 aliphatic rings. The van der Waals surface area contributed by atoms with E-state index >= 15 is 0 Å². The van der Waals surface area contributed by atoms with Crippen molar-refractivity contribution in [3.63, 3.8) is 0 Å². The highest BCUT2D eigenvalue weighted by Crippen LogP contribution is 2.12. The van der Waals surface area contributed by atoms with Crippen molar-refractivity contribution in [3.05, 3.63) is 65.7 Å². The summed E-state index contributed by atoms with van der Waals surface area (Å²) in [6.45, 7) is 1.42. The van der Waals surface area contributed by atoms with Gasteiger partial charge < -0.3 is 19.0 Å². The molecule has 0 aromatic heterocycles. The van der Waals surface area contributed by atoms with Gasteiger partial charge in [-0.1, -0.05) is 42.5 Å².